The van der Waals surface area contributed by atoms with E-state index < -0.39 is 30.4 Å². The average molecular weight is 264 g/mol. The van der Waals surface area contributed by atoms with Gasteiger partial charge in [0.25, 0.3) is 0 Å². The Morgan fingerprint density at radius 1 is 1.22 bits per heavy atom. The van der Waals surface area contributed by atoms with Crippen LogP contribution in [-0.4, -0.2) is 69.7 Å². The summed E-state index contributed by atoms with van der Waals surface area (Å²) in [6, 6.07) is 0. The van der Waals surface area contributed by atoms with Crippen molar-refractivity contribution >= 4 is 12.3 Å². The lowest BCUT2D eigenvalue weighted by Gasteiger charge is -2.31. The first-order chi connectivity index (χ1) is 8.51. The van der Waals surface area contributed by atoms with Gasteiger partial charge in [0.2, 0.25) is 0 Å². The molecule has 4 atom stereocenters. The molecule has 106 valence electrons. The molecule has 0 unspecified atom stereocenters. The number of aliphatic hydroxyl groups excluding tert-OH is 1. The van der Waals surface area contributed by atoms with Gasteiger partial charge in [-0.15, -0.1) is 0 Å². The highest BCUT2D eigenvalue weighted by atomic mass is 16.6. The number of carbonyl (C=O) groups is 2. The maximum atomic E-state index is 11.0. The molecule has 0 saturated carbocycles. The maximum Gasteiger partial charge on any atom is 0.303 e. The first-order valence-corrected chi connectivity index (χ1v) is 5.36. The Bertz CT molecular complexity index is 256. The third kappa shape index (κ3) is 5.09. The Balaban J connectivity index is 4.97. The van der Waals surface area contributed by atoms with Crippen LogP contribution in [0.25, 0.3) is 0 Å². The molecule has 1 N–H and O–H groups in total. The fourth-order valence-corrected chi connectivity index (χ4v) is 1.54. The van der Waals surface area contributed by atoms with Crippen molar-refractivity contribution in [2.45, 2.75) is 31.3 Å². The fraction of sp³-hybridized carbons (Fsp3) is 0.818. The molecule has 0 aromatic rings. The SMILES string of the molecule is COC[C@@H](O)[C@@H](OC(C)=O)[C@H](OC)[C@H](C=O)OC. The number of aldehydes is 1. The molecule has 18 heavy (non-hydrogen) atoms. The molecule has 0 aliphatic heterocycles. The maximum absolute atomic E-state index is 11.0. The van der Waals surface area contributed by atoms with E-state index in [1.54, 1.807) is 0 Å². The standard InChI is InChI=1S/C11H20O7/c1-7(13)18-10(8(14)6-15-2)11(17-4)9(5-12)16-3/h5,8-11,14H,6H2,1-4H3/t8-,9+,10-,11-/m1/s1. The Morgan fingerprint density at radius 3 is 2.17 bits per heavy atom. The summed E-state index contributed by atoms with van der Waals surface area (Å²) in [5.74, 6) is -0.599. The zero-order valence-electron chi connectivity index (χ0n) is 11.0. The van der Waals surface area contributed by atoms with Gasteiger partial charge in [-0.3, -0.25) is 4.79 Å². The highest BCUT2D eigenvalue weighted by Gasteiger charge is 2.37. The fourth-order valence-electron chi connectivity index (χ4n) is 1.54. The summed E-state index contributed by atoms with van der Waals surface area (Å²) >= 11 is 0. The zero-order valence-corrected chi connectivity index (χ0v) is 11.0. The lowest BCUT2D eigenvalue weighted by molar-refractivity contribution is -0.180. The summed E-state index contributed by atoms with van der Waals surface area (Å²) in [6.07, 6.45) is -3.53. The van der Waals surface area contributed by atoms with Crippen molar-refractivity contribution in [2.75, 3.05) is 27.9 Å². The first kappa shape index (κ1) is 17.0. The van der Waals surface area contributed by atoms with E-state index in [9.17, 15) is 14.7 Å². The van der Waals surface area contributed by atoms with Crippen LogP contribution in [0.4, 0.5) is 0 Å². The number of hydrogen-bond acceptors (Lipinski definition) is 7. The minimum Gasteiger partial charge on any atom is -0.457 e. The highest BCUT2D eigenvalue weighted by Crippen LogP contribution is 2.14. The third-order valence-corrected chi connectivity index (χ3v) is 2.34. The molecule has 0 spiro atoms. The molecule has 0 heterocycles. The Kier molecular flexibility index (Phi) is 8.47. The molecule has 0 fully saturated rings. The van der Waals surface area contributed by atoms with E-state index in [1.165, 1.54) is 28.3 Å². The molecule has 0 saturated heterocycles. The predicted molar refractivity (Wildman–Crippen MR) is 61.1 cm³/mol. The highest BCUT2D eigenvalue weighted by molar-refractivity contribution is 5.66. The normalized spacial score (nSPS) is 17.6. The molecular formula is C11H20O7. The van der Waals surface area contributed by atoms with Crippen LogP contribution in [0.3, 0.4) is 0 Å². The predicted octanol–water partition coefficient (Wildman–Crippen LogP) is -0.846. The van der Waals surface area contributed by atoms with Gasteiger partial charge in [0.05, 0.1) is 6.61 Å². The Labute approximate surface area is 106 Å². The second kappa shape index (κ2) is 8.98. The first-order valence-electron chi connectivity index (χ1n) is 5.36. The second-order valence-corrected chi connectivity index (χ2v) is 3.63. The van der Waals surface area contributed by atoms with Crippen LogP contribution < -0.4 is 0 Å². The van der Waals surface area contributed by atoms with Crippen LogP contribution in [0.15, 0.2) is 0 Å². The largest absolute Gasteiger partial charge is 0.457 e. The number of carbonyl (C=O) groups excluding carboxylic acids is 2. The number of aliphatic hydroxyl groups is 1. The van der Waals surface area contributed by atoms with Gasteiger partial charge in [-0.2, -0.15) is 0 Å². The van der Waals surface area contributed by atoms with E-state index in [4.69, 9.17) is 18.9 Å². The van der Waals surface area contributed by atoms with Crippen molar-refractivity contribution < 1.29 is 33.6 Å². The van der Waals surface area contributed by atoms with Gasteiger partial charge < -0.3 is 28.8 Å². The average Bonchev–Trinajstić information content (AvgIpc) is 2.33. The molecule has 0 aromatic heterocycles. The minimum absolute atomic E-state index is 0.0624. The van der Waals surface area contributed by atoms with Gasteiger partial charge in [-0.25, -0.2) is 0 Å². The quantitative estimate of drug-likeness (QED) is 0.428. The van der Waals surface area contributed by atoms with Crippen LogP contribution in [-0.2, 0) is 28.5 Å². The molecule has 7 nitrogen and oxygen atoms in total. The number of rotatable bonds is 9. The summed E-state index contributed by atoms with van der Waals surface area (Å²) in [4.78, 5) is 21.9. The van der Waals surface area contributed by atoms with Crippen molar-refractivity contribution in [1.29, 1.82) is 0 Å². The molecule has 0 amide bonds. The summed E-state index contributed by atoms with van der Waals surface area (Å²) in [5, 5.41) is 9.85. The summed E-state index contributed by atoms with van der Waals surface area (Å²) in [6.45, 7) is 1.13. The molecule has 0 rings (SSSR count). The monoisotopic (exact) mass is 264 g/mol. The number of methoxy groups -OCH3 is 3. The van der Waals surface area contributed by atoms with Gasteiger partial charge in [0, 0.05) is 28.3 Å². The van der Waals surface area contributed by atoms with E-state index in [1.807, 2.05) is 0 Å². The summed E-state index contributed by atoms with van der Waals surface area (Å²) < 4.78 is 19.7. The molecule has 0 aliphatic carbocycles. The van der Waals surface area contributed by atoms with Gasteiger partial charge >= 0.3 is 5.97 Å². The van der Waals surface area contributed by atoms with Crippen molar-refractivity contribution in [3.05, 3.63) is 0 Å². The molecule has 0 radical (unpaired) electrons. The van der Waals surface area contributed by atoms with E-state index in [-0.39, 0.29) is 6.61 Å². The van der Waals surface area contributed by atoms with Gasteiger partial charge in [0.15, 0.2) is 12.4 Å². The molecular weight excluding hydrogens is 244 g/mol. The van der Waals surface area contributed by atoms with Crippen LogP contribution in [0.1, 0.15) is 6.92 Å². The van der Waals surface area contributed by atoms with Crippen LogP contribution in [0.2, 0.25) is 0 Å². The van der Waals surface area contributed by atoms with E-state index in [2.05, 4.69) is 0 Å². The van der Waals surface area contributed by atoms with Crippen LogP contribution in [0, 0.1) is 0 Å². The minimum atomic E-state index is -1.12. The molecule has 0 bridgehead atoms. The van der Waals surface area contributed by atoms with Crippen LogP contribution in [0.5, 0.6) is 0 Å². The van der Waals surface area contributed by atoms with Gasteiger partial charge in [0.1, 0.15) is 18.3 Å². The smallest absolute Gasteiger partial charge is 0.303 e. The van der Waals surface area contributed by atoms with Crippen molar-refractivity contribution in [1.82, 2.24) is 0 Å². The number of ether oxygens (including phenoxy) is 4. The van der Waals surface area contributed by atoms with E-state index in [0.717, 1.165) is 0 Å². The van der Waals surface area contributed by atoms with Crippen molar-refractivity contribution in [3.8, 4) is 0 Å². The molecule has 0 aromatic carbocycles. The Hall–Kier alpha value is -1.02. The molecule has 0 aliphatic rings. The zero-order chi connectivity index (χ0) is 14.1. The van der Waals surface area contributed by atoms with Crippen LogP contribution >= 0.6 is 0 Å². The van der Waals surface area contributed by atoms with E-state index in [0.29, 0.717) is 6.29 Å². The third-order valence-electron chi connectivity index (χ3n) is 2.34. The summed E-state index contributed by atoms with van der Waals surface area (Å²) in [7, 11) is 4.04. The van der Waals surface area contributed by atoms with Crippen molar-refractivity contribution in [3.63, 3.8) is 0 Å². The lowest BCUT2D eigenvalue weighted by atomic mass is 10.0. The summed E-state index contributed by atoms with van der Waals surface area (Å²) in [5.41, 5.74) is 0. The number of esters is 1. The van der Waals surface area contributed by atoms with Crippen molar-refractivity contribution in [2.24, 2.45) is 0 Å². The van der Waals surface area contributed by atoms with Gasteiger partial charge in [-0.1, -0.05) is 0 Å². The Morgan fingerprint density at radius 2 is 1.83 bits per heavy atom. The second-order valence-electron chi connectivity index (χ2n) is 3.63. The van der Waals surface area contributed by atoms with Gasteiger partial charge in [-0.05, 0) is 0 Å². The number of hydrogen-bond donors (Lipinski definition) is 1. The lowest BCUT2D eigenvalue weighted by Crippen LogP contribution is -2.50. The topological polar surface area (TPSA) is 91.3 Å². The van der Waals surface area contributed by atoms with E-state index >= 15 is 0 Å². The molecule has 7 heteroatoms.